The Balaban J connectivity index is 2.86. The summed E-state index contributed by atoms with van der Waals surface area (Å²) in [6, 6.07) is 17.8. The summed E-state index contributed by atoms with van der Waals surface area (Å²) in [6.45, 7) is 15.7. The van der Waals surface area contributed by atoms with E-state index in [1.54, 1.807) is 12.2 Å². The van der Waals surface area contributed by atoms with Gasteiger partial charge >= 0.3 is 5.97 Å². The number of rotatable bonds is 8. The molecule has 0 saturated heterocycles. The minimum Gasteiger partial charge on any atom is -0.465 e. The third kappa shape index (κ3) is 4.18. The molecule has 0 amide bonds. The van der Waals surface area contributed by atoms with Gasteiger partial charge in [-0.15, -0.1) is 0 Å². The fraction of sp³-hybridized carbons (Fsp3) is 0.0385. The van der Waals surface area contributed by atoms with Crippen LogP contribution in [0, 0.1) is 0 Å². The number of carbonyl (C=O) groups excluding carboxylic acids is 1. The van der Waals surface area contributed by atoms with Crippen molar-refractivity contribution in [1.29, 1.82) is 0 Å². The van der Waals surface area contributed by atoms with E-state index in [0.29, 0.717) is 11.1 Å². The molecule has 0 N–H and O–H groups in total. The molecule has 2 aromatic carbocycles. The van der Waals surface area contributed by atoms with Crippen molar-refractivity contribution in [2.45, 2.75) is 0 Å². The number of benzene rings is 2. The molecule has 2 rings (SSSR count). The minimum atomic E-state index is -0.462. The molecule has 28 heavy (non-hydrogen) atoms. The number of hydrogen-bond acceptors (Lipinski definition) is 2. The zero-order valence-electron chi connectivity index (χ0n) is 16.2. The van der Waals surface area contributed by atoms with Gasteiger partial charge in [-0.25, -0.2) is 4.79 Å². The predicted octanol–water partition coefficient (Wildman–Crippen LogP) is 6.27. The van der Waals surface area contributed by atoms with E-state index in [1.165, 1.54) is 13.2 Å². The van der Waals surface area contributed by atoms with Gasteiger partial charge in [0.05, 0.1) is 12.7 Å². The normalized spacial score (nSPS) is 12.2. The van der Waals surface area contributed by atoms with Gasteiger partial charge in [-0.1, -0.05) is 105 Å². The van der Waals surface area contributed by atoms with Gasteiger partial charge in [-0.05, 0) is 33.4 Å². The third-order valence-electron chi connectivity index (χ3n) is 4.39. The zero-order valence-corrected chi connectivity index (χ0v) is 16.2. The molecular formula is C26H24O2. The SMILES string of the molecule is C=C/C(C(=O)OC)=C(\C=C)c1ccccc1/C(C=C)=C(/C=C)c1ccccc1. The van der Waals surface area contributed by atoms with E-state index in [1.807, 2.05) is 60.7 Å². The van der Waals surface area contributed by atoms with E-state index >= 15 is 0 Å². The van der Waals surface area contributed by atoms with Crippen molar-refractivity contribution in [3.8, 4) is 0 Å². The van der Waals surface area contributed by atoms with Crippen molar-refractivity contribution in [2.24, 2.45) is 0 Å². The minimum absolute atomic E-state index is 0.355. The molecule has 0 atom stereocenters. The first kappa shape index (κ1) is 20.7. The number of allylic oxidation sites excluding steroid dienone is 6. The lowest BCUT2D eigenvalue weighted by Crippen LogP contribution is -2.06. The van der Waals surface area contributed by atoms with Gasteiger partial charge in [0.1, 0.15) is 0 Å². The molecule has 0 saturated carbocycles. The Morgan fingerprint density at radius 3 is 1.68 bits per heavy atom. The van der Waals surface area contributed by atoms with Crippen molar-refractivity contribution in [3.05, 3.63) is 127 Å². The lowest BCUT2D eigenvalue weighted by molar-refractivity contribution is -0.135. The second kappa shape index (κ2) is 9.89. The average molecular weight is 368 g/mol. The van der Waals surface area contributed by atoms with E-state index in [9.17, 15) is 4.79 Å². The summed E-state index contributed by atoms with van der Waals surface area (Å²) in [5.74, 6) is -0.462. The first-order valence-corrected chi connectivity index (χ1v) is 8.84. The van der Waals surface area contributed by atoms with E-state index in [2.05, 4.69) is 26.3 Å². The van der Waals surface area contributed by atoms with Gasteiger partial charge in [-0.2, -0.15) is 0 Å². The van der Waals surface area contributed by atoms with E-state index in [0.717, 1.165) is 27.8 Å². The Kier molecular flexibility index (Phi) is 7.29. The van der Waals surface area contributed by atoms with Crippen molar-refractivity contribution >= 4 is 22.7 Å². The lowest BCUT2D eigenvalue weighted by atomic mass is 9.87. The molecule has 0 fully saturated rings. The predicted molar refractivity (Wildman–Crippen MR) is 119 cm³/mol. The smallest absolute Gasteiger partial charge is 0.338 e. The average Bonchev–Trinajstić information content (AvgIpc) is 2.75. The summed E-state index contributed by atoms with van der Waals surface area (Å²) < 4.78 is 4.91. The van der Waals surface area contributed by atoms with Crippen LogP contribution in [0.3, 0.4) is 0 Å². The monoisotopic (exact) mass is 368 g/mol. The van der Waals surface area contributed by atoms with Crippen molar-refractivity contribution in [2.75, 3.05) is 7.11 Å². The summed E-state index contributed by atoms with van der Waals surface area (Å²) in [6.07, 6.45) is 6.75. The number of methoxy groups -OCH3 is 1. The number of esters is 1. The molecule has 0 aliphatic carbocycles. The van der Waals surface area contributed by atoms with E-state index in [4.69, 9.17) is 4.74 Å². The highest BCUT2D eigenvalue weighted by Gasteiger charge is 2.17. The van der Waals surface area contributed by atoms with Gasteiger partial charge in [0.2, 0.25) is 0 Å². The van der Waals surface area contributed by atoms with Crippen LogP contribution in [0.4, 0.5) is 0 Å². The van der Waals surface area contributed by atoms with E-state index in [-0.39, 0.29) is 0 Å². The van der Waals surface area contributed by atoms with Crippen molar-refractivity contribution in [1.82, 2.24) is 0 Å². The maximum absolute atomic E-state index is 12.2. The van der Waals surface area contributed by atoms with Crippen LogP contribution >= 0.6 is 0 Å². The first-order chi connectivity index (χ1) is 13.6. The molecular weight excluding hydrogens is 344 g/mol. The fourth-order valence-corrected chi connectivity index (χ4v) is 3.10. The van der Waals surface area contributed by atoms with E-state index < -0.39 is 5.97 Å². The number of ether oxygens (including phenoxy) is 1. The summed E-state index contributed by atoms with van der Waals surface area (Å²) >= 11 is 0. The first-order valence-electron chi connectivity index (χ1n) is 8.84. The Labute approximate surface area is 167 Å². The Morgan fingerprint density at radius 2 is 1.21 bits per heavy atom. The van der Waals surface area contributed by atoms with Crippen molar-refractivity contribution < 1.29 is 9.53 Å². The van der Waals surface area contributed by atoms with Crippen LogP contribution in [0.2, 0.25) is 0 Å². The molecule has 0 aliphatic heterocycles. The highest BCUT2D eigenvalue weighted by atomic mass is 16.5. The highest BCUT2D eigenvalue weighted by molar-refractivity contribution is 6.06. The molecule has 140 valence electrons. The molecule has 0 heterocycles. The maximum Gasteiger partial charge on any atom is 0.338 e. The lowest BCUT2D eigenvalue weighted by Gasteiger charge is -2.16. The van der Waals surface area contributed by atoms with Crippen LogP contribution in [0.5, 0.6) is 0 Å². The molecule has 0 aliphatic rings. The standard InChI is InChI=1S/C26H24O2/c1-6-20(19-15-11-10-12-16-19)21(7-2)24-17-13-14-18-25(24)22(8-3)23(9-4)26(27)28-5/h6-18H,1-4H2,5H3/b21-20-,23-22-. The summed E-state index contributed by atoms with van der Waals surface area (Å²) in [4.78, 5) is 12.2. The summed E-state index contributed by atoms with van der Waals surface area (Å²) in [5, 5.41) is 0. The Bertz CT molecular complexity index is 973. The largest absolute Gasteiger partial charge is 0.465 e. The molecule has 0 bridgehead atoms. The maximum atomic E-state index is 12.2. The Hall–Kier alpha value is -3.65. The van der Waals surface area contributed by atoms with Crippen LogP contribution in [-0.2, 0) is 9.53 Å². The highest BCUT2D eigenvalue weighted by Crippen LogP contribution is 2.34. The van der Waals surface area contributed by atoms with Gasteiger partial charge < -0.3 is 4.74 Å². The van der Waals surface area contributed by atoms with Crippen LogP contribution < -0.4 is 0 Å². The van der Waals surface area contributed by atoms with Gasteiger partial charge in [0.15, 0.2) is 0 Å². The Morgan fingerprint density at radius 1 is 0.714 bits per heavy atom. The molecule has 2 aromatic rings. The van der Waals surface area contributed by atoms with Crippen LogP contribution in [0.25, 0.3) is 16.7 Å². The number of carbonyl (C=O) groups is 1. The van der Waals surface area contributed by atoms with Crippen molar-refractivity contribution in [3.63, 3.8) is 0 Å². The second-order valence-electron chi connectivity index (χ2n) is 5.87. The molecule has 0 radical (unpaired) electrons. The zero-order chi connectivity index (χ0) is 20.5. The summed E-state index contributed by atoms with van der Waals surface area (Å²) in [5.41, 5.74) is 5.64. The van der Waals surface area contributed by atoms with Gasteiger partial charge in [-0.3, -0.25) is 0 Å². The second-order valence-corrected chi connectivity index (χ2v) is 5.87. The molecule has 0 spiro atoms. The molecule has 2 heteroatoms. The molecule has 0 unspecified atom stereocenters. The van der Waals surface area contributed by atoms with Gasteiger partial charge in [0.25, 0.3) is 0 Å². The topological polar surface area (TPSA) is 26.3 Å². The third-order valence-corrected chi connectivity index (χ3v) is 4.39. The molecule has 2 nitrogen and oxygen atoms in total. The molecule has 0 aromatic heterocycles. The van der Waals surface area contributed by atoms with Crippen LogP contribution in [0.1, 0.15) is 16.7 Å². The van der Waals surface area contributed by atoms with Crippen LogP contribution in [-0.4, -0.2) is 13.1 Å². The number of hydrogen-bond donors (Lipinski definition) is 0. The van der Waals surface area contributed by atoms with Gasteiger partial charge in [0, 0.05) is 0 Å². The quantitative estimate of drug-likeness (QED) is 0.238. The summed E-state index contributed by atoms with van der Waals surface area (Å²) in [7, 11) is 1.35. The fourth-order valence-electron chi connectivity index (χ4n) is 3.10. The van der Waals surface area contributed by atoms with Crippen LogP contribution in [0.15, 0.2) is 111 Å².